The number of rotatable bonds is 2. The molecule has 0 saturated carbocycles. The van der Waals surface area contributed by atoms with E-state index in [9.17, 15) is 13.6 Å². The third kappa shape index (κ3) is 2.55. The smallest absolute Gasteiger partial charge is 0.267 e. The minimum absolute atomic E-state index is 0.175. The molecule has 0 aliphatic heterocycles. The van der Waals surface area contributed by atoms with Crippen LogP contribution in [-0.2, 0) is 0 Å². The molecule has 1 rings (SSSR count). The number of carbonyl (C=O) groups excluding carboxylic acids is 1. The molecular weight excluding hydrogens is 406 g/mol. The number of aromatic nitrogens is 1. The topological polar surface area (TPSA) is 30.0 Å². The summed E-state index contributed by atoms with van der Waals surface area (Å²) in [5, 5.41) is 0. The molecule has 0 N–H and O–H groups in total. The van der Waals surface area contributed by atoms with Crippen molar-refractivity contribution in [2.24, 2.45) is 0 Å². The van der Waals surface area contributed by atoms with E-state index < -0.39 is 6.43 Å². The highest BCUT2D eigenvalue weighted by molar-refractivity contribution is 14.1. The lowest BCUT2D eigenvalue weighted by atomic mass is 10.2. The molecule has 13 heavy (non-hydrogen) atoms. The summed E-state index contributed by atoms with van der Waals surface area (Å²) in [6, 6.07) is 1.51. The molecule has 0 atom stereocenters. The van der Waals surface area contributed by atoms with Crippen molar-refractivity contribution in [2.45, 2.75) is 6.43 Å². The van der Waals surface area contributed by atoms with Crippen molar-refractivity contribution in [1.29, 1.82) is 0 Å². The molecule has 0 radical (unpaired) electrons. The number of carbonyl (C=O) groups is 1. The van der Waals surface area contributed by atoms with Crippen LogP contribution in [0.2, 0.25) is 0 Å². The Bertz CT molecular complexity index is 344. The third-order valence-electron chi connectivity index (χ3n) is 1.34. The largest absolute Gasteiger partial charge is 0.296 e. The predicted octanol–water partition coefficient (Wildman–Crippen LogP) is 3.04. The summed E-state index contributed by atoms with van der Waals surface area (Å²) in [6.45, 7) is 0. The van der Waals surface area contributed by atoms with E-state index in [0.29, 0.717) is 13.6 Å². The second kappa shape index (κ2) is 4.58. The van der Waals surface area contributed by atoms with Crippen molar-refractivity contribution < 1.29 is 13.6 Å². The Morgan fingerprint density at radius 3 is 2.54 bits per heavy atom. The van der Waals surface area contributed by atoms with Crippen LogP contribution in [0.1, 0.15) is 22.5 Å². The standard InChI is InChI=1S/C7H3F2I2NO/c8-7(9)6-3(10)1-5(11)12-4(6)2-13/h1-2,7H. The number of pyridine rings is 1. The summed E-state index contributed by atoms with van der Waals surface area (Å²) >= 11 is 3.64. The van der Waals surface area contributed by atoms with Crippen LogP contribution in [0.3, 0.4) is 0 Å². The molecule has 0 aromatic carbocycles. The molecule has 0 aliphatic carbocycles. The first kappa shape index (κ1) is 11.2. The number of halogens is 4. The Balaban J connectivity index is 3.38. The van der Waals surface area contributed by atoms with Gasteiger partial charge in [0.15, 0.2) is 6.29 Å². The zero-order valence-electron chi connectivity index (χ0n) is 6.10. The van der Waals surface area contributed by atoms with Gasteiger partial charge in [-0.2, -0.15) is 0 Å². The Labute approximate surface area is 100 Å². The lowest BCUT2D eigenvalue weighted by molar-refractivity contribution is 0.110. The van der Waals surface area contributed by atoms with Gasteiger partial charge in [0.25, 0.3) is 6.43 Å². The van der Waals surface area contributed by atoms with Crippen LogP contribution in [0.5, 0.6) is 0 Å². The predicted molar refractivity (Wildman–Crippen MR) is 60.0 cm³/mol. The monoisotopic (exact) mass is 409 g/mol. The van der Waals surface area contributed by atoms with E-state index in [1.165, 1.54) is 6.07 Å². The molecule has 0 aliphatic rings. The molecular formula is C7H3F2I2NO. The van der Waals surface area contributed by atoms with Gasteiger partial charge in [-0.15, -0.1) is 0 Å². The van der Waals surface area contributed by atoms with Crippen molar-refractivity contribution in [3.8, 4) is 0 Å². The average molecular weight is 409 g/mol. The molecule has 0 bridgehead atoms. The minimum atomic E-state index is -2.66. The van der Waals surface area contributed by atoms with E-state index >= 15 is 0 Å². The summed E-state index contributed by atoms with van der Waals surface area (Å²) in [6.07, 6.45) is -2.30. The lowest BCUT2D eigenvalue weighted by Gasteiger charge is -2.05. The second-order valence-electron chi connectivity index (χ2n) is 2.14. The molecule has 1 aromatic heterocycles. The first-order valence-electron chi connectivity index (χ1n) is 3.15. The van der Waals surface area contributed by atoms with Gasteiger partial charge < -0.3 is 0 Å². The van der Waals surface area contributed by atoms with Crippen LogP contribution in [0, 0.1) is 7.27 Å². The highest BCUT2D eigenvalue weighted by Gasteiger charge is 2.18. The van der Waals surface area contributed by atoms with E-state index in [4.69, 9.17) is 0 Å². The third-order valence-corrected chi connectivity index (χ3v) is 2.78. The zero-order chi connectivity index (χ0) is 10.0. The molecule has 0 amide bonds. The van der Waals surface area contributed by atoms with Crippen LogP contribution in [0.15, 0.2) is 6.07 Å². The molecule has 6 heteroatoms. The van der Waals surface area contributed by atoms with Crippen LogP contribution in [0.4, 0.5) is 8.78 Å². The van der Waals surface area contributed by atoms with E-state index in [1.54, 1.807) is 22.6 Å². The summed E-state index contributed by atoms with van der Waals surface area (Å²) in [7, 11) is 0. The molecule has 70 valence electrons. The Kier molecular flexibility index (Phi) is 3.95. The van der Waals surface area contributed by atoms with Gasteiger partial charge in [-0.25, -0.2) is 13.8 Å². The fourth-order valence-corrected chi connectivity index (χ4v) is 2.79. The van der Waals surface area contributed by atoms with Crippen LogP contribution >= 0.6 is 45.2 Å². The summed E-state index contributed by atoms with van der Waals surface area (Å²) in [4.78, 5) is 14.1. The molecule has 1 aromatic rings. The number of alkyl halides is 2. The normalized spacial score (nSPS) is 10.5. The van der Waals surface area contributed by atoms with Gasteiger partial charge in [-0.05, 0) is 51.2 Å². The lowest BCUT2D eigenvalue weighted by Crippen LogP contribution is -2.02. The van der Waals surface area contributed by atoms with Crippen LogP contribution in [0.25, 0.3) is 0 Å². The van der Waals surface area contributed by atoms with Gasteiger partial charge >= 0.3 is 0 Å². The van der Waals surface area contributed by atoms with E-state index in [0.717, 1.165) is 0 Å². The number of aldehydes is 1. The molecule has 2 nitrogen and oxygen atoms in total. The number of hydrogen-bond donors (Lipinski definition) is 0. The van der Waals surface area contributed by atoms with Gasteiger partial charge in [0.1, 0.15) is 9.39 Å². The van der Waals surface area contributed by atoms with Crippen LogP contribution < -0.4 is 0 Å². The Morgan fingerprint density at radius 1 is 1.46 bits per heavy atom. The van der Waals surface area contributed by atoms with Gasteiger partial charge in [-0.1, -0.05) is 0 Å². The van der Waals surface area contributed by atoms with Crippen LogP contribution in [-0.4, -0.2) is 11.3 Å². The zero-order valence-corrected chi connectivity index (χ0v) is 10.4. The second-order valence-corrected chi connectivity index (χ2v) is 4.41. The molecule has 0 saturated heterocycles. The average Bonchev–Trinajstić information content (AvgIpc) is 2.01. The fourth-order valence-electron chi connectivity index (χ4n) is 0.818. The molecule has 0 unspecified atom stereocenters. The first-order chi connectivity index (χ1) is 6.06. The van der Waals surface area contributed by atoms with E-state index in [2.05, 4.69) is 4.98 Å². The number of hydrogen-bond acceptors (Lipinski definition) is 2. The SMILES string of the molecule is O=Cc1nc(I)cc(I)c1C(F)F. The maximum absolute atomic E-state index is 12.4. The number of nitrogens with zero attached hydrogens (tertiary/aromatic N) is 1. The van der Waals surface area contributed by atoms with E-state index in [-0.39, 0.29) is 11.3 Å². The van der Waals surface area contributed by atoms with E-state index in [1.807, 2.05) is 22.6 Å². The van der Waals surface area contributed by atoms with Gasteiger partial charge in [0.05, 0.1) is 5.56 Å². The van der Waals surface area contributed by atoms with Gasteiger partial charge in [0, 0.05) is 3.57 Å². The maximum atomic E-state index is 12.4. The molecule has 0 spiro atoms. The highest BCUT2D eigenvalue weighted by atomic mass is 127. The minimum Gasteiger partial charge on any atom is -0.296 e. The fraction of sp³-hybridized carbons (Fsp3) is 0.143. The summed E-state index contributed by atoms with van der Waals surface area (Å²) < 4.78 is 25.7. The molecule has 1 heterocycles. The van der Waals surface area contributed by atoms with Crippen molar-refractivity contribution in [3.05, 3.63) is 24.6 Å². The Morgan fingerprint density at radius 2 is 2.08 bits per heavy atom. The van der Waals surface area contributed by atoms with Gasteiger partial charge in [-0.3, -0.25) is 4.79 Å². The molecule has 0 fully saturated rings. The van der Waals surface area contributed by atoms with Crippen molar-refractivity contribution in [3.63, 3.8) is 0 Å². The summed E-state index contributed by atoms with van der Waals surface area (Å²) in [5.74, 6) is 0. The quantitative estimate of drug-likeness (QED) is 0.427. The first-order valence-corrected chi connectivity index (χ1v) is 5.31. The maximum Gasteiger partial charge on any atom is 0.267 e. The van der Waals surface area contributed by atoms with Crippen molar-refractivity contribution in [1.82, 2.24) is 4.98 Å². The van der Waals surface area contributed by atoms with Crippen molar-refractivity contribution in [2.75, 3.05) is 0 Å². The highest BCUT2D eigenvalue weighted by Crippen LogP contribution is 2.27. The van der Waals surface area contributed by atoms with Crippen molar-refractivity contribution >= 4 is 51.5 Å². The Hall–Kier alpha value is 0.140. The summed E-state index contributed by atoms with van der Waals surface area (Å²) in [5.41, 5.74) is -0.456. The van der Waals surface area contributed by atoms with Gasteiger partial charge in [0.2, 0.25) is 0 Å².